The fourth-order valence-corrected chi connectivity index (χ4v) is 3.67. The van der Waals surface area contributed by atoms with Crippen molar-refractivity contribution in [3.63, 3.8) is 0 Å². The summed E-state index contributed by atoms with van der Waals surface area (Å²) in [6.45, 7) is 6.67. The van der Waals surface area contributed by atoms with Gasteiger partial charge in [0.05, 0.1) is 25.9 Å². The molecule has 200 valence electrons. The Labute approximate surface area is 221 Å². The van der Waals surface area contributed by atoms with Crippen LogP contribution in [0.4, 0.5) is 16.2 Å². The van der Waals surface area contributed by atoms with Gasteiger partial charge in [0, 0.05) is 54.8 Å². The third-order valence-corrected chi connectivity index (χ3v) is 5.46. The third kappa shape index (κ3) is 11.4. The van der Waals surface area contributed by atoms with Crippen molar-refractivity contribution in [3.05, 3.63) is 71.8 Å². The van der Waals surface area contributed by atoms with Crippen LogP contribution < -0.4 is 10.2 Å². The molecule has 1 unspecified atom stereocenters. The van der Waals surface area contributed by atoms with Crippen LogP contribution in [0.3, 0.4) is 0 Å². The van der Waals surface area contributed by atoms with Crippen LogP contribution in [0.2, 0.25) is 5.02 Å². The number of morpholine rings is 1. The van der Waals surface area contributed by atoms with Gasteiger partial charge in [-0.1, -0.05) is 35.9 Å². The number of amides is 2. The molecule has 0 bridgehead atoms. The Morgan fingerprint density at radius 3 is 2.30 bits per heavy atom. The van der Waals surface area contributed by atoms with E-state index in [2.05, 4.69) is 10.2 Å². The lowest BCUT2D eigenvalue weighted by Gasteiger charge is -2.37. The number of hydrogen-bond acceptors (Lipinski definition) is 6. The number of ether oxygens (including phenoxy) is 2. The van der Waals surface area contributed by atoms with E-state index < -0.39 is 11.9 Å². The summed E-state index contributed by atoms with van der Waals surface area (Å²) in [5.74, 6) is -2.51. The molecule has 1 fully saturated rings. The average Bonchev–Trinajstić information content (AvgIpc) is 2.89. The number of anilines is 2. The van der Waals surface area contributed by atoms with Gasteiger partial charge in [-0.15, -0.1) is 0 Å². The van der Waals surface area contributed by atoms with Gasteiger partial charge in [0.2, 0.25) is 0 Å². The number of carboxylic acid groups (broad SMARTS) is 2. The zero-order valence-corrected chi connectivity index (χ0v) is 21.3. The minimum absolute atomic E-state index is 0.0550. The van der Waals surface area contributed by atoms with E-state index >= 15 is 0 Å². The van der Waals surface area contributed by atoms with Gasteiger partial charge in [0.25, 0.3) is 0 Å². The largest absolute Gasteiger partial charge is 0.478 e. The molecule has 2 amide bonds. The van der Waals surface area contributed by atoms with E-state index in [1.54, 1.807) is 11.0 Å². The molecule has 1 saturated heterocycles. The van der Waals surface area contributed by atoms with Crippen LogP contribution in [0.1, 0.15) is 6.92 Å². The topological polar surface area (TPSA) is 129 Å². The van der Waals surface area contributed by atoms with E-state index in [-0.39, 0.29) is 12.1 Å². The molecule has 0 saturated carbocycles. The normalized spacial score (nSPS) is 14.3. The number of urea groups is 1. The highest BCUT2D eigenvalue weighted by molar-refractivity contribution is 6.31. The van der Waals surface area contributed by atoms with Crippen molar-refractivity contribution >= 4 is 40.9 Å². The van der Waals surface area contributed by atoms with E-state index in [0.29, 0.717) is 50.1 Å². The number of para-hydroxylation sites is 1. The van der Waals surface area contributed by atoms with E-state index in [0.717, 1.165) is 24.5 Å². The minimum Gasteiger partial charge on any atom is -0.478 e. The summed E-state index contributed by atoms with van der Waals surface area (Å²) in [7, 11) is 0. The zero-order valence-electron chi connectivity index (χ0n) is 20.6. The summed E-state index contributed by atoms with van der Waals surface area (Å²) in [5.41, 5.74) is 1.50. The first-order valence-electron chi connectivity index (χ1n) is 11.7. The summed E-state index contributed by atoms with van der Waals surface area (Å²) < 4.78 is 11.2. The quantitative estimate of drug-likeness (QED) is 0.393. The Morgan fingerprint density at radius 2 is 1.73 bits per heavy atom. The SMILES string of the molecule is CCOCC(CN(C(=O)Nc1ccccc1)c1cccc(Cl)c1)N1CCOCC1.O=C(O)/C=C/C(=O)O. The van der Waals surface area contributed by atoms with Crippen molar-refractivity contribution in [3.8, 4) is 0 Å². The van der Waals surface area contributed by atoms with Crippen molar-refractivity contribution in [1.82, 2.24) is 4.90 Å². The number of nitrogens with zero attached hydrogens (tertiary/aromatic N) is 2. The number of carbonyl (C=O) groups excluding carboxylic acids is 1. The molecule has 0 aliphatic carbocycles. The van der Waals surface area contributed by atoms with Crippen LogP contribution in [-0.2, 0) is 19.1 Å². The summed E-state index contributed by atoms with van der Waals surface area (Å²) >= 11 is 6.21. The maximum absolute atomic E-state index is 13.2. The number of nitrogens with one attached hydrogen (secondary N) is 1. The molecule has 0 radical (unpaired) electrons. The molecule has 3 N–H and O–H groups in total. The predicted molar refractivity (Wildman–Crippen MR) is 141 cm³/mol. The standard InChI is InChI=1S/C22H28ClN3O3.C4H4O4/c1-2-28-17-21(25-11-13-29-14-12-25)16-26(20-10-6-7-18(23)15-20)22(27)24-19-8-4-3-5-9-19;5-3(6)1-2-4(7)8/h3-10,15,21H,2,11-14,16-17H2,1H3,(H,24,27);1-2H,(H,5,6)(H,7,8)/b;2-1+. The molecule has 10 nitrogen and oxygen atoms in total. The molecule has 37 heavy (non-hydrogen) atoms. The number of hydrogen-bond donors (Lipinski definition) is 3. The molecule has 1 heterocycles. The first-order chi connectivity index (χ1) is 17.8. The van der Waals surface area contributed by atoms with Gasteiger partial charge >= 0.3 is 18.0 Å². The van der Waals surface area contributed by atoms with Crippen LogP contribution in [0, 0.1) is 0 Å². The van der Waals surface area contributed by atoms with Gasteiger partial charge in [-0.25, -0.2) is 14.4 Å². The number of aliphatic carboxylic acids is 2. The van der Waals surface area contributed by atoms with Crippen molar-refractivity contribution in [2.45, 2.75) is 13.0 Å². The molecule has 2 aromatic rings. The average molecular weight is 534 g/mol. The van der Waals surface area contributed by atoms with Gasteiger partial charge in [0.1, 0.15) is 0 Å². The van der Waals surface area contributed by atoms with Gasteiger partial charge in [-0.3, -0.25) is 9.80 Å². The Hall–Kier alpha value is -3.44. The van der Waals surface area contributed by atoms with Crippen LogP contribution in [0.15, 0.2) is 66.7 Å². The van der Waals surface area contributed by atoms with Crippen LogP contribution in [-0.4, -0.2) is 85.2 Å². The lowest BCUT2D eigenvalue weighted by atomic mass is 10.2. The number of benzene rings is 2. The van der Waals surface area contributed by atoms with Crippen molar-refractivity contribution in [1.29, 1.82) is 0 Å². The fraction of sp³-hybridized carbons (Fsp3) is 0.346. The third-order valence-electron chi connectivity index (χ3n) is 5.23. The first kappa shape index (κ1) is 29.8. The van der Waals surface area contributed by atoms with Gasteiger partial charge in [-0.05, 0) is 37.3 Å². The van der Waals surface area contributed by atoms with E-state index in [4.69, 9.17) is 31.3 Å². The molecule has 3 rings (SSSR count). The molecule has 1 aliphatic heterocycles. The van der Waals surface area contributed by atoms with Gasteiger partial charge in [-0.2, -0.15) is 0 Å². The van der Waals surface area contributed by atoms with Crippen LogP contribution >= 0.6 is 11.6 Å². The second kappa shape index (κ2) is 16.3. The summed E-state index contributed by atoms with van der Waals surface area (Å²) in [6.07, 6.45) is 1.12. The highest BCUT2D eigenvalue weighted by Crippen LogP contribution is 2.22. The number of carboxylic acids is 2. The maximum atomic E-state index is 13.2. The second-order valence-corrected chi connectivity index (χ2v) is 8.29. The van der Waals surface area contributed by atoms with Gasteiger partial charge < -0.3 is 25.0 Å². The van der Waals surface area contributed by atoms with Crippen LogP contribution in [0.5, 0.6) is 0 Å². The first-order valence-corrected chi connectivity index (χ1v) is 12.1. The summed E-state index contributed by atoms with van der Waals surface area (Å²) in [6, 6.07) is 16.7. The predicted octanol–water partition coefficient (Wildman–Crippen LogP) is 3.83. The Kier molecular flexibility index (Phi) is 13.1. The van der Waals surface area contributed by atoms with Crippen molar-refractivity contribution in [2.24, 2.45) is 0 Å². The lowest BCUT2D eigenvalue weighted by Crippen LogP contribution is -2.52. The van der Waals surface area contributed by atoms with E-state index in [1.165, 1.54) is 0 Å². The number of carbonyl (C=O) groups is 3. The second-order valence-electron chi connectivity index (χ2n) is 7.86. The molecule has 2 aromatic carbocycles. The summed E-state index contributed by atoms with van der Waals surface area (Å²) in [5, 5.41) is 19.2. The van der Waals surface area contributed by atoms with Crippen LogP contribution in [0.25, 0.3) is 0 Å². The fourth-order valence-electron chi connectivity index (χ4n) is 3.49. The highest BCUT2D eigenvalue weighted by atomic mass is 35.5. The molecule has 1 atom stereocenters. The maximum Gasteiger partial charge on any atom is 0.328 e. The number of halogens is 1. The number of rotatable bonds is 10. The monoisotopic (exact) mass is 533 g/mol. The lowest BCUT2D eigenvalue weighted by molar-refractivity contribution is -0.134. The molecule has 1 aliphatic rings. The Balaban J connectivity index is 0.000000521. The van der Waals surface area contributed by atoms with E-state index in [1.807, 2.05) is 55.5 Å². The van der Waals surface area contributed by atoms with E-state index in [9.17, 15) is 14.4 Å². The summed E-state index contributed by atoms with van der Waals surface area (Å²) in [4.78, 5) is 36.4. The Bertz CT molecular complexity index is 1010. The Morgan fingerprint density at radius 1 is 1.08 bits per heavy atom. The minimum atomic E-state index is -1.26. The zero-order chi connectivity index (χ0) is 27.0. The molecular weight excluding hydrogens is 502 g/mol. The highest BCUT2D eigenvalue weighted by Gasteiger charge is 2.27. The molecule has 0 spiro atoms. The van der Waals surface area contributed by atoms with Crippen molar-refractivity contribution < 1.29 is 34.1 Å². The molecule has 11 heteroatoms. The van der Waals surface area contributed by atoms with Gasteiger partial charge in [0.15, 0.2) is 0 Å². The van der Waals surface area contributed by atoms with Crippen molar-refractivity contribution in [2.75, 3.05) is 56.3 Å². The smallest absolute Gasteiger partial charge is 0.328 e. The molecular formula is C26H32ClN3O7. The molecule has 0 aromatic heterocycles.